The van der Waals surface area contributed by atoms with Gasteiger partial charge in [0, 0.05) is 6.54 Å². The molecule has 1 N–H and O–H groups in total. The van der Waals surface area contributed by atoms with Crippen LogP contribution in [0.4, 0.5) is 0 Å². The summed E-state index contributed by atoms with van der Waals surface area (Å²) in [6, 6.07) is 7.98. The zero-order chi connectivity index (χ0) is 14.0. The van der Waals surface area contributed by atoms with Gasteiger partial charge >= 0.3 is 0 Å². The first kappa shape index (κ1) is 14.1. The van der Waals surface area contributed by atoms with Crippen molar-refractivity contribution in [3.05, 3.63) is 35.4 Å². The van der Waals surface area contributed by atoms with Gasteiger partial charge in [-0.3, -0.25) is 4.79 Å². The molecule has 0 spiro atoms. The molecule has 0 saturated carbocycles. The van der Waals surface area contributed by atoms with Crippen LogP contribution in [0.1, 0.15) is 37.8 Å². The minimum Gasteiger partial charge on any atom is -0.391 e. The molecule has 0 aliphatic carbocycles. The van der Waals surface area contributed by atoms with Gasteiger partial charge in [-0.05, 0) is 44.7 Å². The third kappa shape index (κ3) is 2.81. The van der Waals surface area contributed by atoms with Crippen LogP contribution in [0, 0.1) is 6.92 Å². The van der Waals surface area contributed by atoms with Gasteiger partial charge in [-0.2, -0.15) is 0 Å². The molecule has 0 aromatic heterocycles. The highest BCUT2D eigenvalue weighted by atomic mass is 16.3. The molecule has 1 amide bonds. The molecular formula is C16H23NO2. The van der Waals surface area contributed by atoms with Crippen molar-refractivity contribution < 1.29 is 9.90 Å². The molecule has 1 aliphatic rings. The van der Waals surface area contributed by atoms with E-state index in [4.69, 9.17) is 0 Å². The Balaban J connectivity index is 2.14. The van der Waals surface area contributed by atoms with Gasteiger partial charge in [0.25, 0.3) is 0 Å². The molecule has 3 heteroatoms. The van der Waals surface area contributed by atoms with Crippen LogP contribution in [0.3, 0.4) is 0 Å². The average Bonchev–Trinajstić information content (AvgIpc) is 2.35. The number of carbonyl (C=O) groups excluding carboxylic acids is 1. The minimum absolute atomic E-state index is 0.109. The fourth-order valence-electron chi connectivity index (χ4n) is 2.78. The van der Waals surface area contributed by atoms with Crippen LogP contribution in [-0.4, -0.2) is 34.1 Å². The predicted octanol–water partition coefficient (Wildman–Crippen LogP) is 2.30. The van der Waals surface area contributed by atoms with E-state index in [-0.39, 0.29) is 5.91 Å². The van der Waals surface area contributed by atoms with Crippen molar-refractivity contribution in [1.82, 2.24) is 4.90 Å². The molecule has 1 aliphatic heterocycles. The number of carbonyl (C=O) groups is 1. The van der Waals surface area contributed by atoms with Crippen LogP contribution in [0.15, 0.2) is 24.3 Å². The van der Waals surface area contributed by atoms with Crippen molar-refractivity contribution in [3.63, 3.8) is 0 Å². The first-order valence-electron chi connectivity index (χ1n) is 6.96. The molecule has 2 rings (SSSR count). The smallest absolute Gasteiger partial charge is 0.227 e. The molecule has 0 bridgehead atoms. The van der Waals surface area contributed by atoms with Crippen molar-refractivity contribution in [1.29, 1.82) is 0 Å². The lowest BCUT2D eigenvalue weighted by atomic mass is 9.86. The zero-order valence-electron chi connectivity index (χ0n) is 12.0. The van der Waals surface area contributed by atoms with Gasteiger partial charge in [0.15, 0.2) is 0 Å². The van der Waals surface area contributed by atoms with Crippen LogP contribution in [-0.2, 0) is 11.2 Å². The molecule has 1 heterocycles. The van der Waals surface area contributed by atoms with E-state index in [0.29, 0.717) is 6.42 Å². The summed E-state index contributed by atoms with van der Waals surface area (Å²) in [6.45, 7) is 6.67. The summed E-state index contributed by atoms with van der Waals surface area (Å²) < 4.78 is 0. The first-order chi connectivity index (χ1) is 8.93. The fraction of sp³-hybridized carbons (Fsp3) is 0.562. The van der Waals surface area contributed by atoms with Crippen LogP contribution < -0.4 is 0 Å². The lowest BCUT2D eigenvalue weighted by Crippen LogP contribution is -2.58. The average molecular weight is 261 g/mol. The van der Waals surface area contributed by atoms with Crippen LogP contribution in [0.25, 0.3) is 0 Å². The van der Waals surface area contributed by atoms with E-state index in [1.165, 1.54) is 0 Å². The number of aliphatic hydroxyl groups is 1. The molecule has 1 atom stereocenters. The van der Waals surface area contributed by atoms with Crippen LogP contribution in [0.2, 0.25) is 0 Å². The van der Waals surface area contributed by atoms with Gasteiger partial charge in [-0.1, -0.05) is 24.3 Å². The second kappa shape index (κ2) is 5.33. The second-order valence-corrected chi connectivity index (χ2v) is 5.96. The zero-order valence-corrected chi connectivity index (χ0v) is 12.0. The molecule has 1 fully saturated rings. The van der Waals surface area contributed by atoms with Gasteiger partial charge in [-0.25, -0.2) is 0 Å². The van der Waals surface area contributed by atoms with Gasteiger partial charge in [0.05, 0.1) is 18.1 Å². The molecular weight excluding hydrogens is 238 g/mol. The Morgan fingerprint density at radius 1 is 1.42 bits per heavy atom. The highest BCUT2D eigenvalue weighted by Crippen LogP contribution is 2.28. The van der Waals surface area contributed by atoms with E-state index in [9.17, 15) is 9.90 Å². The standard InChI is InChI=1S/C16H23NO2/c1-12-7-4-5-8-13(12)11-15(19)17-10-6-9-14(18)16(17,2)3/h4-5,7-8,14,18H,6,9-11H2,1-3H3. The van der Waals surface area contributed by atoms with Crippen LogP contribution in [0.5, 0.6) is 0 Å². The van der Waals surface area contributed by atoms with Crippen molar-refractivity contribution in [2.45, 2.75) is 51.7 Å². The topological polar surface area (TPSA) is 40.5 Å². The summed E-state index contributed by atoms with van der Waals surface area (Å²) in [7, 11) is 0. The van der Waals surface area contributed by atoms with E-state index < -0.39 is 11.6 Å². The maximum atomic E-state index is 12.5. The molecule has 1 aromatic rings. The van der Waals surface area contributed by atoms with E-state index in [1.54, 1.807) is 0 Å². The summed E-state index contributed by atoms with van der Waals surface area (Å²) in [5.41, 5.74) is 1.76. The monoisotopic (exact) mass is 261 g/mol. The molecule has 1 saturated heterocycles. The molecule has 3 nitrogen and oxygen atoms in total. The van der Waals surface area contributed by atoms with Crippen molar-refractivity contribution >= 4 is 5.91 Å². The van der Waals surface area contributed by atoms with Gasteiger partial charge in [0.1, 0.15) is 0 Å². The number of hydrogen-bond acceptors (Lipinski definition) is 2. The molecule has 1 aromatic carbocycles. The largest absolute Gasteiger partial charge is 0.391 e. The number of likely N-dealkylation sites (tertiary alicyclic amines) is 1. The lowest BCUT2D eigenvalue weighted by molar-refractivity contribution is -0.144. The maximum absolute atomic E-state index is 12.5. The molecule has 0 radical (unpaired) electrons. The Morgan fingerprint density at radius 3 is 2.79 bits per heavy atom. The number of nitrogens with zero attached hydrogens (tertiary/aromatic N) is 1. The number of rotatable bonds is 2. The SMILES string of the molecule is Cc1ccccc1CC(=O)N1CCCC(O)C1(C)C. The van der Waals surface area contributed by atoms with Crippen molar-refractivity contribution in [2.75, 3.05) is 6.54 Å². The third-order valence-corrected chi connectivity index (χ3v) is 4.27. The Bertz CT molecular complexity index is 468. The highest BCUT2D eigenvalue weighted by molar-refractivity contribution is 5.80. The summed E-state index contributed by atoms with van der Waals surface area (Å²) >= 11 is 0. The van der Waals surface area contributed by atoms with Gasteiger partial charge < -0.3 is 10.0 Å². The second-order valence-electron chi connectivity index (χ2n) is 5.96. The molecule has 104 valence electrons. The Kier molecular flexibility index (Phi) is 3.95. The number of aliphatic hydroxyl groups excluding tert-OH is 1. The van der Waals surface area contributed by atoms with Gasteiger partial charge in [-0.15, -0.1) is 0 Å². The van der Waals surface area contributed by atoms with E-state index >= 15 is 0 Å². The quantitative estimate of drug-likeness (QED) is 0.887. The Morgan fingerprint density at radius 2 is 2.11 bits per heavy atom. The lowest BCUT2D eigenvalue weighted by Gasteiger charge is -2.46. The number of amides is 1. The van der Waals surface area contributed by atoms with Gasteiger partial charge in [0.2, 0.25) is 5.91 Å². The van der Waals surface area contributed by atoms with E-state index in [0.717, 1.165) is 30.5 Å². The van der Waals surface area contributed by atoms with E-state index in [2.05, 4.69) is 0 Å². The Labute approximate surface area is 115 Å². The Hall–Kier alpha value is -1.35. The first-order valence-corrected chi connectivity index (χ1v) is 6.96. The number of piperidine rings is 1. The summed E-state index contributed by atoms with van der Waals surface area (Å²) in [4.78, 5) is 14.3. The van der Waals surface area contributed by atoms with E-state index in [1.807, 2.05) is 49.9 Å². The minimum atomic E-state index is -0.460. The van der Waals surface area contributed by atoms with Crippen molar-refractivity contribution in [2.24, 2.45) is 0 Å². The summed E-state index contributed by atoms with van der Waals surface area (Å²) in [6.07, 6.45) is 1.65. The number of benzene rings is 1. The number of hydrogen-bond donors (Lipinski definition) is 1. The van der Waals surface area contributed by atoms with Crippen molar-refractivity contribution in [3.8, 4) is 0 Å². The highest BCUT2D eigenvalue weighted by Gasteiger charge is 2.39. The normalized spacial score (nSPS) is 22.3. The molecule has 1 unspecified atom stereocenters. The third-order valence-electron chi connectivity index (χ3n) is 4.27. The molecule has 19 heavy (non-hydrogen) atoms. The number of aryl methyl sites for hydroxylation is 1. The van der Waals surface area contributed by atoms with Crippen LogP contribution >= 0.6 is 0 Å². The summed E-state index contributed by atoms with van der Waals surface area (Å²) in [5, 5.41) is 10.1. The maximum Gasteiger partial charge on any atom is 0.227 e. The summed E-state index contributed by atoms with van der Waals surface area (Å²) in [5.74, 6) is 0.109. The fourth-order valence-corrected chi connectivity index (χ4v) is 2.78. The predicted molar refractivity (Wildman–Crippen MR) is 75.9 cm³/mol.